The maximum absolute atomic E-state index is 12.4. The van der Waals surface area contributed by atoms with Gasteiger partial charge < -0.3 is 10.6 Å². The molecule has 1 fully saturated rings. The van der Waals surface area contributed by atoms with Crippen molar-refractivity contribution in [1.29, 1.82) is 0 Å². The molecular formula is C13H23N5O. The van der Waals surface area contributed by atoms with Crippen LogP contribution in [0.2, 0.25) is 0 Å². The molecule has 2 atom stereocenters. The highest BCUT2D eigenvalue weighted by Gasteiger charge is 2.33. The molecule has 106 valence electrons. The third-order valence-electron chi connectivity index (χ3n) is 3.72. The molecule has 0 aromatic carbocycles. The van der Waals surface area contributed by atoms with Crippen molar-refractivity contribution >= 4 is 5.91 Å². The van der Waals surface area contributed by atoms with Crippen LogP contribution in [0.1, 0.15) is 39.7 Å². The van der Waals surface area contributed by atoms with Crippen LogP contribution >= 0.6 is 0 Å². The Bertz CT molecular complexity index is 423. The number of rotatable bonds is 2. The van der Waals surface area contributed by atoms with Gasteiger partial charge in [0.05, 0.1) is 12.1 Å². The van der Waals surface area contributed by atoms with Gasteiger partial charge in [0.2, 0.25) is 5.91 Å². The van der Waals surface area contributed by atoms with Crippen LogP contribution < -0.4 is 5.73 Å². The van der Waals surface area contributed by atoms with E-state index in [9.17, 15) is 4.79 Å². The number of piperidine rings is 1. The average Bonchev–Trinajstić information content (AvgIpc) is 2.90. The summed E-state index contributed by atoms with van der Waals surface area (Å²) in [5.41, 5.74) is 5.85. The smallest absolute Gasteiger partial charge is 0.240 e. The Labute approximate surface area is 114 Å². The molecule has 6 heteroatoms. The van der Waals surface area contributed by atoms with Crippen molar-refractivity contribution in [2.45, 2.75) is 45.7 Å². The molecule has 2 N–H and O–H groups in total. The van der Waals surface area contributed by atoms with Gasteiger partial charge in [-0.3, -0.25) is 4.79 Å². The van der Waals surface area contributed by atoms with E-state index in [1.165, 1.54) is 6.33 Å². The molecule has 2 rings (SSSR count). The minimum Gasteiger partial charge on any atom is -0.339 e. The standard InChI is InChI=1S/C13H23N5O/c1-13(2,3)11(14)12(19)17-6-4-5-10(7-17)18-9-15-8-16-18/h8-11H,4-7,14H2,1-3H3/t10?,11-/m1/s1. The normalized spacial score (nSPS) is 22.3. The summed E-state index contributed by atoms with van der Waals surface area (Å²) in [6.07, 6.45) is 5.25. The number of hydrogen-bond donors (Lipinski definition) is 1. The number of aromatic nitrogens is 3. The minimum absolute atomic E-state index is 0.0392. The van der Waals surface area contributed by atoms with Crippen LogP contribution in [0.15, 0.2) is 12.7 Å². The Morgan fingerprint density at radius 3 is 2.79 bits per heavy atom. The quantitative estimate of drug-likeness (QED) is 0.858. The molecule has 1 aromatic rings. The van der Waals surface area contributed by atoms with Crippen LogP contribution in [0, 0.1) is 5.41 Å². The second-order valence-corrected chi connectivity index (χ2v) is 6.30. The van der Waals surface area contributed by atoms with Gasteiger partial charge in [0.25, 0.3) is 0 Å². The molecule has 0 radical (unpaired) electrons. The highest BCUT2D eigenvalue weighted by atomic mass is 16.2. The number of amides is 1. The summed E-state index contributed by atoms with van der Waals surface area (Å²) >= 11 is 0. The fraction of sp³-hybridized carbons (Fsp3) is 0.769. The number of nitrogens with zero attached hydrogens (tertiary/aromatic N) is 4. The predicted molar refractivity (Wildman–Crippen MR) is 72.3 cm³/mol. The van der Waals surface area contributed by atoms with Crippen molar-refractivity contribution < 1.29 is 4.79 Å². The molecule has 0 bridgehead atoms. The van der Waals surface area contributed by atoms with Crippen molar-refractivity contribution in [1.82, 2.24) is 19.7 Å². The van der Waals surface area contributed by atoms with E-state index in [0.717, 1.165) is 19.4 Å². The lowest BCUT2D eigenvalue weighted by molar-refractivity contribution is -0.136. The molecule has 19 heavy (non-hydrogen) atoms. The molecule has 1 aliphatic heterocycles. The molecule has 1 aromatic heterocycles. The van der Waals surface area contributed by atoms with Gasteiger partial charge in [0.15, 0.2) is 0 Å². The van der Waals surface area contributed by atoms with Crippen molar-refractivity contribution in [3.8, 4) is 0 Å². The van der Waals surface area contributed by atoms with Crippen molar-refractivity contribution in [2.24, 2.45) is 11.1 Å². The number of likely N-dealkylation sites (tertiary alicyclic amines) is 1. The third-order valence-corrected chi connectivity index (χ3v) is 3.72. The lowest BCUT2D eigenvalue weighted by atomic mass is 9.86. The van der Waals surface area contributed by atoms with E-state index in [0.29, 0.717) is 6.54 Å². The van der Waals surface area contributed by atoms with E-state index < -0.39 is 6.04 Å². The maximum Gasteiger partial charge on any atom is 0.240 e. The van der Waals surface area contributed by atoms with Gasteiger partial charge in [-0.1, -0.05) is 20.8 Å². The van der Waals surface area contributed by atoms with E-state index in [1.807, 2.05) is 30.4 Å². The van der Waals surface area contributed by atoms with Gasteiger partial charge in [0, 0.05) is 13.1 Å². The van der Waals surface area contributed by atoms with Gasteiger partial charge in [0.1, 0.15) is 12.7 Å². The Morgan fingerprint density at radius 2 is 2.21 bits per heavy atom. The average molecular weight is 265 g/mol. The first kappa shape index (κ1) is 14.0. The van der Waals surface area contributed by atoms with Gasteiger partial charge in [-0.05, 0) is 18.3 Å². The van der Waals surface area contributed by atoms with Crippen molar-refractivity contribution in [3.63, 3.8) is 0 Å². The fourth-order valence-electron chi connectivity index (χ4n) is 2.34. The minimum atomic E-state index is -0.456. The summed E-state index contributed by atoms with van der Waals surface area (Å²) in [5, 5.41) is 4.16. The first-order chi connectivity index (χ1) is 8.89. The number of hydrogen-bond acceptors (Lipinski definition) is 4. The predicted octanol–water partition coefficient (Wildman–Crippen LogP) is 0.815. The zero-order valence-electron chi connectivity index (χ0n) is 11.9. The summed E-state index contributed by atoms with van der Waals surface area (Å²) in [4.78, 5) is 18.2. The van der Waals surface area contributed by atoms with Crippen LogP contribution in [-0.2, 0) is 4.79 Å². The molecule has 1 amide bonds. The molecule has 1 aliphatic rings. The highest BCUT2D eigenvalue weighted by molar-refractivity contribution is 5.82. The van der Waals surface area contributed by atoms with Crippen LogP contribution in [0.3, 0.4) is 0 Å². The lowest BCUT2D eigenvalue weighted by Gasteiger charge is -2.37. The SMILES string of the molecule is CC(C)(C)[C@H](N)C(=O)N1CCCC(n2cncn2)C1. The molecule has 0 saturated carbocycles. The van der Waals surface area contributed by atoms with Crippen LogP contribution in [0.4, 0.5) is 0 Å². The third kappa shape index (κ3) is 3.12. The molecule has 6 nitrogen and oxygen atoms in total. The van der Waals surface area contributed by atoms with Crippen LogP contribution in [0.5, 0.6) is 0 Å². The lowest BCUT2D eigenvalue weighted by Crippen LogP contribution is -2.53. The first-order valence-electron chi connectivity index (χ1n) is 6.78. The van der Waals surface area contributed by atoms with Crippen LogP contribution in [-0.4, -0.2) is 44.7 Å². The molecular weight excluding hydrogens is 242 g/mol. The number of nitrogens with two attached hydrogens (primary N) is 1. The molecule has 0 aliphatic carbocycles. The largest absolute Gasteiger partial charge is 0.339 e. The van der Waals surface area contributed by atoms with Gasteiger partial charge >= 0.3 is 0 Å². The van der Waals surface area contributed by atoms with E-state index in [1.54, 1.807) is 6.33 Å². The maximum atomic E-state index is 12.4. The Balaban J connectivity index is 2.03. The van der Waals surface area contributed by atoms with Gasteiger partial charge in [-0.15, -0.1) is 0 Å². The monoisotopic (exact) mass is 265 g/mol. The van der Waals surface area contributed by atoms with E-state index >= 15 is 0 Å². The van der Waals surface area contributed by atoms with E-state index in [2.05, 4.69) is 10.1 Å². The second kappa shape index (κ2) is 5.28. The van der Waals surface area contributed by atoms with Crippen molar-refractivity contribution in [3.05, 3.63) is 12.7 Å². The Morgan fingerprint density at radius 1 is 1.47 bits per heavy atom. The summed E-state index contributed by atoms with van der Waals surface area (Å²) in [5.74, 6) is 0.0392. The highest BCUT2D eigenvalue weighted by Crippen LogP contribution is 2.24. The molecule has 0 spiro atoms. The first-order valence-corrected chi connectivity index (χ1v) is 6.78. The zero-order valence-corrected chi connectivity index (χ0v) is 11.9. The molecule has 2 heterocycles. The molecule has 1 unspecified atom stereocenters. The van der Waals surface area contributed by atoms with Crippen LogP contribution in [0.25, 0.3) is 0 Å². The zero-order chi connectivity index (χ0) is 14.0. The van der Waals surface area contributed by atoms with E-state index in [-0.39, 0.29) is 17.4 Å². The fourth-order valence-corrected chi connectivity index (χ4v) is 2.34. The summed E-state index contributed by atoms with van der Waals surface area (Å²) in [6, 6.07) is -0.241. The summed E-state index contributed by atoms with van der Waals surface area (Å²) in [7, 11) is 0. The Kier molecular flexibility index (Phi) is 3.89. The topological polar surface area (TPSA) is 77.0 Å². The van der Waals surface area contributed by atoms with E-state index in [4.69, 9.17) is 5.73 Å². The van der Waals surface area contributed by atoms with Gasteiger partial charge in [-0.2, -0.15) is 5.10 Å². The summed E-state index contributed by atoms with van der Waals surface area (Å²) in [6.45, 7) is 7.44. The van der Waals surface area contributed by atoms with Gasteiger partial charge in [-0.25, -0.2) is 9.67 Å². The second-order valence-electron chi connectivity index (χ2n) is 6.30. The van der Waals surface area contributed by atoms with Crippen molar-refractivity contribution in [2.75, 3.05) is 13.1 Å². The summed E-state index contributed by atoms with van der Waals surface area (Å²) < 4.78 is 1.84. The number of carbonyl (C=O) groups excluding carboxylic acids is 1. The Hall–Kier alpha value is -1.43. The molecule has 1 saturated heterocycles. The number of carbonyl (C=O) groups is 1.